The Hall–Kier alpha value is -3.09. The number of carbonyl (C=O) groups excluding carboxylic acids is 1. The van der Waals surface area contributed by atoms with Gasteiger partial charge in [0.05, 0.1) is 5.52 Å². The summed E-state index contributed by atoms with van der Waals surface area (Å²) in [5.41, 5.74) is 2.02. The van der Waals surface area contributed by atoms with Gasteiger partial charge in [-0.15, -0.1) is 0 Å². The van der Waals surface area contributed by atoms with E-state index in [0.29, 0.717) is 35.2 Å². The maximum atomic E-state index is 13.0. The second-order valence-corrected chi connectivity index (χ2v) is 5.70. The number of hydrogen-bond donors (Lipinski definition) is 2. The van der Waals surface area contributed by atoms with Crippen LogP contribution in [0.5, 0.6) is 0 Å². The summed E-state index contributed by atoms with van der Waals surface area (Å²) >= 11 is 0. The highest BCUT2D eigenvalue weighted by Gasteiger charge is 2.14. The third-order valence-electron chi connectivity index (χ3n) is 3.94. The number of anilines is 1. The van der Waals surface area contributed by atoms with Crippen molar-refractivity contribution in [2.24, 2.45) is 0 Å². The minimum absolute atomic E-state index is 0.150. The number of nitrogens with zero attached hydrogens (tertiary/aromatic N) is 2. The second kappa shape index (κ2) is 7.86. The summed E-state index contributed by atoms with van der Waals surface area (Å²) in [6, 6.07) is 14.3. The molecule has 0 radical (unpaired) electrons. The van der Waals surface area contributed by atoms with Crippen LogP contribution in [0.25, 0.3) is 10.9 Å². The van der Waals surface area contributed by atoms with E-state index in [1.807, 2.05) is 24.3 Å². The van der Waals surface area contributed by atoms with Gasteiger partial charge < -0.3 is 10.6 Å². The molecule has 2 N–H and O–H groups in total. The number of nitrogens with one attached hydrogen (secondary N) is 2. The smallest absolute Gasteiger partial charge is 0.297 e. The standard InChI is InChI=1S/C19H18F2N4O/c1-22-19(26)13-6-4-5-12(11-13)9-10-23-17-14-7-2-3-8-15(14)24-18(25-17)16(20)21/h2-8,11,16H,9-10H2,1H3,(H,22,26)(H,23,24,25). The zero-order chi connectivity index (χ0) is 18.5. The summed E-state index contributed by atoms with van der Waals surface area (Å²) in [5, 5.41) is 6.38. The van der Waals surface area contributed by atoms with Gasteiger partial charge in [0.2, 0.25) is 0 Å². The minimum Gasteiger partial charge on any atom is -0.369 e. The Morgan fingerprint density at radius 3 is 2.69 bits per heavy atom. The highest BCUT2D eigenvalue weighted by Crippen LogP contribution is 2.24. The van der Waals surface area contributed by atoms with Gasteiger partial charge in [-0.25, -0.2) is 18.7 Å². The SMILES string of the molecule is CNC(=O)c1cccc(CCNc2nc(C(F)F)nc3ccccc23)c1. The lowest BCUT2D eigenvalue weighted by Gasteiger charge is -2.11. The van der Waals surface area contributed by atoms with E-state index in [9.17, 15) is 13.6 Å². The first-order valence-electron chi connectivity index (χ1n) is 8.18. The Morgan fingerprint density at radius 2 is 1.92 bits per heavy atom. The molecule has 0 fully saturated rings. The molecule has 5 nitrogen and oxygen atoms in total. The average molecular weight is 356 g/mol. The quantitative estimate of drug-likeness (QED) is 0.708. The van der Waals surface area contributed by atoms with Gasteiger partial charge in [-0.2, -0.15) is 0 Å². The minimum atomic E-state index is -2.73. The van der Waals surface area contributed by atoms with Crippen molar-refractivity contribution in [2.75, 3.05) is 18.9 Å². The summed E-state index contributed by atoms with van der Waals surface area (Å²) < 4.78 is 26.1. The van der Waals surface area contributed by atoms with Crippen molar-refractivity contribution >= 4 is 22.6 Å². The number of hydrogen-bond acceptors (Lipinski definition) is 4. The number of carbonyl (C=O) groups is 1. The maximum Gasteiger partial charge on any atom is 0.297 e. The van der Waals surface area contributed by atoms with Gasteiger partial charge in [-0.1, -0.05) is 24.3 Å². The van der Waals surface area contributed by atoms with Crippen LogP contribution in [-0.4, -0.2) is 29.5 Å². The fourth-order valence-electron chi connectivity index (χ4n) is 2.66. The van der Waals surface area contributed by atoms with Crippen molar-refractivity contribution in [3.05, 3.63) is 65.5 Å². The van der Waals surface area contributed by atoms with Crippen molar-refractivity contribution < 1.29 is 13.6 Å². The van der Waals surface area contributed by atoms with Gasteiger partial charge >= 0.3 is 0 Å². The first-order chi connectivity index (χ1) is 12.6. The molecule has 0 atom stereocenters. The fraction of sp³-hybridized carbons (Fsp3) is 0.211. The molecule has 1 amide bonds. The number of aromatic nitrogens is 2. The molecule has 3 aromatic rings. The van der Waals surface area contributed by atoms with Gasteiger partial charge in [-0.3, -0.25) is 4.79 Å². The molecule has 0 bridgehead atoms. The summed E-state index contributed by atoms with van der Waals surface area (Å²) in [6.45, 7) is 0.487. The molecule has 1 aromatic heterocycles. The van der Waals surface area contributed by atoms with Crippen LogP contribution >= 0.6 is 0 Å². The monoisotopic (exact) mass is 356 g/mol. The molecule has 0 aliphatic heterocycles. The molecular weight excluding hydrogens is 338 g/mol. The normalized spacial score (nSPS) is 10.9. The van der Waals surface area contributed by atoms with Crippen LogP contribution in [0.4, 0.5) is 14.6 Å². The van der Waals surface area contributed by atoms with E-state index in [4.69, 9.17) is 0 Å². The number of halogens is 2. The first kappa shape index (κ1) is 17.7. The van der Waals surface area contributed by atoms with Crippen LogP contribution in [0.3, 0.4) is 0 Å². The molecular formula is C19H18F2N4O. The Kier molecular flexibility index (Phi) is 5.36. The molecule has 3 rings (SSSR count). The molecule has 0 unspecified atom stereocenters. The van der Waals surface area contributed by atoms with Crippen LogP contribution in [0.1, 0.15) is 28.2 Å². The Balaban J connectivity index is 1.77. The molecule has 2 aromatic carbocycles. The van der Waals surface area contributed by atoms with Crippen molar-refractivity contribution in [1.82, 2.24) is 15.3 Å². The second-order valence-electron chi connectivity index (χ2n) is 5.70. The number of para-hydroxylation sites is 1. The van der Waals surface area contributed by atoms with Crippen LogP contribution in [0.2, 0.25) is 0 Å². The molecule has 7 heteroatoms. The third kappa shape index (κ3) is 3.93. The average Bonchev–Trinajstić information content (AvgIpc) is 2.67. The van der Waals surface area contributed by atoms with E-state index >= 15 is 0 Å². The van der Waals surface area contributed by atoms with Gasteiger partial charge in [-0.05, 0) is 36.2 Å². The predicted octanol–water partition coefficient (Wildman–Crippen LogP) is 3.58. The number of fused-ring (bicyclic) bond motifs is 1. The molecule has 0 spiro atoms. The lowest BCUT2D eigenvalue weighted by atomic mass is 10.1. The molecule has 26 heavy (non-hydrogen) atoms. The Morgan fingerprint density at radius 1 is 1.12 bits per heavy atom. The van der Waals surface area contributed by atoms with E-state index in [1.54, 1.807) is 31.3 Å². The van der Waals surface area contributed by atoms with Crippen molar-refractivity contribution in [3.63, 3.8) is 0 Å². The van der Waals surface area contributed by atoms with E-state index < -0.39 is 12.2 Å². The highest BCUT2D eigenvalue weighted by molar-refractivity contribution is 5.94. The molecule has 0 saturated carbocycles. The van der Waals surface area contributed by atoms with Gasteiger partial charge in [0.15, 0.2) is 5.82 Å². The van der Waals surface area contributed by atoms with Gasteiger partial charge in [0.25, 0.3) is 12.3 Å². The summed E-state index contributed by atoms with van der Waals surface area (Å²) in [7, 11) is 1.58. The molecule has 1 heterocycles. The Bertz CT molecular complexity index is 930. The molecule has 0 aliphatic carbocycles. The maximum absolute atomic E-state index is 13.0. The van der Waals surface area contributed by atoms with Crippen LogP contribution in [0, 0.1) is 0 Å². The van der Waals surface area contributed by atoms with Crippen molar-refractivity contribution in [3.8, 4) is 0 Å². The molecule has 134 valence electrons. The third-order valence-corrected chi connectivity index (χ3v) is 3.94. The molecule has 0 saturated heterocycles. The van der Waals surface area contributed by atoms with Crippen LogP contribution < -0.4 is 10.6 Å². The summed E-state index contributed by atoms with van der Waals surface area (Å²) in [5.74, 6) is -0.260. The van der Waals surface area contributed by atoms with E-state index in [0.717, 1.165) is 5.56 Å². The molecule has 0 aliphatic rings. The largest absolute Gasteiger partial charge is 0.369 e. The predicted molar refractivity (Wildman–Crippen MR) is 96.5 cm³/mol. The first-order valence-corrected chi connectivity index (χ1v) is 8.18. The summed E-state index contributed by atoms with van der Waals surface area (Å²) in [6.07, 6.45) is -2.11. The number of benzene rings is 2. The highest BCUT2D eigenvalue weighted by atomic mass is 19.3. The van der Waals surface area contributed by atoms with E-state index in [2.05, 4.69) is 20.6 Å². The fourth-order valence-corrected chi connectivity index (χ4v) is 2.66. The van der Waals surface area contributed by atoms with Crippen LogP contribution in [0.15, 0.2) is 48.5 Å². The zero-order valence-corrected chi connectivity index (χ0v) is 14.2. The van der Waals surface area contributed by atoms with Crippen molar-refractivity contribution in [2.45, 2.75) is 12.8 Å². The Labute approximate surface area is 149 Å². The van der Waals surface area contributed by atoms with Crippen molar-refractivity contribution in [1.29, 1.82) is 0 Å². The van der Waals surface area contributed by atoms with Crippen LogP contribution in [-0.2, 0) is 6.42 Å². The topological polar surface area (TPSA) is 66.9 Å². The lowest BCUT2D eigenvalue weighted by molar-refractivity contribution is 0.0963. The summed E-state index contributed by atoms with van der Waals surface area (Å²) in [4.78, 5) is 19.5. The zero-order valence-electron chi connectivity index (χ0n) is 14.2. The van der Waals surface area contributed by atoms with Gasteiger partial charge in [0, 0.05) is 24.5 Å². The number of rotatable bonds is 6. The lowest BCUT2D eigenvalue weighted by Crippen LogP contribution is -2.18. The number of alkyl halides is 2. The van der Waals surface area contributed by atoms with E-state index in [-0.39, 0.29) is 5.91 Å². The van der Waals surface area contributed by atoms with E-state index in [1.165, 1.54) is 0 Å². The van der Waals surface area contributed by atoms with Gasteiger partial charge in [0.1, 0.15) is 5.82 Å². The number of amides is 1.